The molecule has 1 aromatic carbocycles. The van der Waals surface area contributed by atoms with Crippen molar-refractivity contribution in [2.24, 2.45) is 0 Å². The van der Waals surface area contributed by atoms with Crippen molar-refractivity contribution in [2.45, 2.75) is 6.54 Å². The Morgan fingerprint density at radius 2 is 2.05 bits per heavy atom. The number of carbonyl (C=O) groups excluding carboxylic acids is 1. The van der Waals surface area contributed by atoms with Crippen LogP contribution in [0.2, 0.25) is 5.15 Å². The molecular weight excluding hydrogens is 290 g/mol. The molecule has 1 amide bonds. The number of amides is 1. The summed E-state index contributed by atoms with van der Waals surface area (Å²) < 4.78 is 5.10. The van der Waals surface area contributed by atoms with E-state index in [9.17, 15) is 4.79 Å². The SMILES string of the molecule is COc1ccc(CN(C)C(=O)c2cc(Cl)ncc2N)cc1. The highest BCUT2D eigenvalue weighted by Gasteiger charge is 2.16. The van der Waals surface area contributed by atoms with E-state index in [-0.39, 0.29) is 11.1 Å². The number of anilines is 1. The number of carbonyl (C=O) groups is 1. The first-order chi connectivity index (χ1) is 10.0. The normalized spacial score (nSPS) is 10.2. The monoisotopic (exact) mass is 305 g/mol. The van der Waals surface area contributed by atoms with Crippen LogP contribution in [0.5, 0.6) is 5.75 Å². The number of methoxy groups -OCH3 is 1. The lowest BCUT2D eigenvalue weighted by Crippen LogP contribution is -2.27. The van der Waals surface area contributed by atoms with Crippen molar-refractivity contribution in [1.29, 1.82) is 0 Å². The Morgan fingerprint density at radius 3 is 2.67 bits per heavy atom. The number of pyridine rings is 1. The Hall–Kier alpha value is -2.27. The smallest absolute Gasteiger partial charge is 0.256 e. The molecule has 0 aliphatic carbocycles. The topological polar surface area (TPSA) is 68.5 Å². The first-order valence-corrected chi connectivity index (χ1v) is 6.68. The fourth-order valence-electron chi connectivity index (χ4n) is 1.91. The molecule has 2 N–H and O–H groups in total. The van der Waals surface area contributed by atoms with Crippen LogP contribution in [-0.4, -0.2) is 29.9 Å². The Kier molecular flexibility index (Phi) is 4.65. The van der Waals surface area contributed by atoms with Crippen LogP contribution in [-0.2, 0) is 6.54 Å². The number of hydrogen-bond acceptors (Lipinski definition) is 4. The Bertz CT molecular complexity index is 644. The minimum atomic E-state index is -0.201. The Labute approximate surface area is 128 Å². The van der Waals surface area contributed by atoms with Crippen molar-refractivity contribution >= 4 is 23.2 Å². The molecule has 1 heterocycles. The van der Waals surface area contributed by atoms with E-state index in [1.807, 2.05) is 24.3 Å². The predicted molar refractivity (Wildman–Crippen MR) is 82.5 cm³/mol. The summed E-state index contributed by atoms with van der Waals surface area (Å²) in [5.41, 5.74) is 7.43. The van der Waals surface area contributed by atoms with Gasteiger partial charge in [-0.25, -0.2) is 4.98 Å². The van der Waals surface area contributed by atoms with Gasteiger partial charge in [-0.3, -0.25) is 4.79 Å². The predicted octanol–water partition coefficient (Wildman–Crippen LogP) is 2.60. The van der Waals surface area contributed by atoms with E-state index in [1.54, 1.807) is 19.1 Å². The number of hydrogen-bond donors (Lipinski definition) is 1. The zero-order chi connectivity index (χ0) is 15.4. The molecule has 0 aliphatic rings. The van der Waals surface area contributed by atoms with Gasteiger partial charge in [-0.1, -0.05) is 23.7 Å². The largest absolute Gasteiger partial charge is 0.497 e. The molecule has 2 aromatic rings. The molecule has 0 aliphatic heterocycles. The summed E-state index contributed by atoms with van der Waals surface area (Å²) in [5, 5.41) is 0.241. The first kappa shape index (κ1) is 15.1. The van der Waals surface area contributed by atoms with Crippen LogP contribution >= 0.6 is 11.6 Å². The van der Waals surface area contributed by atoms with Gasteiger partial charge in [-0.05, 0) is 23.8 Å². The average Bonchev–Trinajstić information content (AvgIpc) is 2.49. The fraction of sp³-hybridized carbons (Fsp3) is 0.200. The van der Waals surface area contributed by atoms with Crippen molar-refractivity contribution in [3.8, 4) is 5.75 Å². The number of nitrogens with two attached hydrogens (primary N) is 1. The van der Waals surface area contributed by atoms with Gasteiger partial charge < -0.3 is 15.4 Å². The highest BCUT2D eigenvalue weighted by molar-refractivity contribution is 6.29. The summed E-state index contributed by atoms with van der Waals surface area (Å²) in [4.78, 5) is 17.8. The third kappa shape index (κ3) is 3.64. The van der Waals surface area contributed by atoms with Gasteiger partial charge in [-0.2, -0.15) is 0 Å². The second kappa shape index (κ2) is 6.45. The molecule has 1 aromatic heterocycles. The molecule has 0 fully saturated rings. The maximum absolute atomic E-state index is 12.4. The van der Waals surface area contributed by atoms with E-state index in [4.69, 9.17) is 22.1 Å². The van der Waals surface area contributed by atoms with Crippen molar-refractivity contribution in [3.63, 3.8) is 0 Å². The molecule has 0 bridgehead atoms. The lowest BCUT2D eigenvalue weighted by atomic mass is 10.1. The van der Waals surface area contributed by atoms with Crippen molar-refractivity contribution in [1.82, 2.24) is 9.88 Å². The van der Waals surface area contributed by atoms with Crippen LogP contribution in [0.15, 0.2) is 36.5 Å². The number of halogens is 1. The zero-order valence-electron chi connectivity index (χ0n) is 11.8. The van der Waals surface area contributed by atoms with Gasteiger partial charge in [0.25, 0.3) is 5.91 Å². The third-order valence-corrected chi connectivity index (χ3v) is 3.26. The van der Waals surface area contributed by atoms with Crippen LogP contribution in [0.3, 0.4) is 0 Å². The molecule has 0 atom stereocenters. The van der Waals surface area contributed by atoms with Gasteiger partial charge in [-0.15, -0.1) is 0 Å². The molecule has 0 saturated carbocycles. The minimum Gasteiger partial charge on any atom is -0.497 e. The molecule has 110 valence electrons. The molecular formula is C15H16ClN3O2. The lowest BCUT2D eigenvalue weighted by molar-refractivity contribution is 0.0786. The Morgan fingerprint density at radius 1 is 1.38 bits per heavy atom. The van der Waals surface area contributed by atoms with E-state index in [1.165, 1.54) is 12.3 Å². The lowest BCUT2D eigenvalue weighted by Gasteiger charge is -2.18. The van der Waals surface area contributed by atoms with Gasteiger partial charge >= 0.3 is 0 Å². The molecule has 6 heteroatoms. The van der Waals surface area contributed by atoms with Gasteiger partial charge in [0.2, 0.25) is 0 Å². The molecule has 21 heavy (non-hydrogen) atoms. The number of ether oxygens (including phenoxy) is 1. The molecule has 0 radical (unpaired) electrons. The quantitative estimate of drug-likeness (QED) is 0.882. The van der Waals surface area contributed by atoms with Crippen molar-refractivity contribution < 1.29 is 9.53 Å². The molecule has 0 unspecified atom stereocenters. The van der Waals surface area contributed by atoms with E-state index in [0.29, 0.717) is 17.8 Å². The number of nitrogens with zero attached hydrogens (tertiary/aromatic N) is 2. The number of nitrogen functional groups attached to an aromatic ring is 1. The summed E-state index contributed by atoms with van der Waals surface area (Å²) in [6, 6.07) is 9.00. The summed E-state index contributed by atoms with van der Waals surface area (Å²) >= 11 is 5.81. The summed E-state index contributed by atoms with van der Waals surface area (Å²) in [6.07, 6.45) is 1.39. The molecule has 0 saturated heterocycles. The third-order valence-electron chi connectivity index (χ3n) is 3.06. The number of benzene rings is 1. The standard InChI is InChI=1S/C15H16ClN3O2/c1-19(9-10-3-5-11(21-2)6-4-10)15(20)12-7-14(16)18-8-13(12)17/h3-8H,9,17H2,1-2H3. The minimum absolute atomic E-state index is 0.201. The molecule has 5 nitrogen and oxygen atoms in total. The van der Waals surface area contributed by atoms with Crippen LogP contribution in [0.25, 0.3) is 0 Å². The van der Waals surface area contributed by atoms with E-state index < -0.39 is 0 Å². The second-order valence-corrected chi connectivity index (χ2v) is 4.99. The van der Waals surface area contributed by atoms with Gasteiger partial charge in [0.1, 0.15) is 10.9 Å². The number of aromatic nitrogens is 1. The average molecular weight is 306 g/mol. The van der Waals surface area contributed by atoms with Crippen LogP contribution < -0.4 is 10.5 Å². The van der Waals surface area contributed by atoms with Gasteiger partial charge in [0.05, 0.1) is 24.6 Å². The van der Waals surface area contributed by atoms with E-state index >= 15 is 0 Å². The maximum atomic E-state index is 12.4. The summed E-state index contributed by atoms with van der Waals surface area (Å²) in [6.45, 7) is 0.461. The molecule has 0 spiro atoms. The highest BCUT2D eigenvalue weighted by atomic mass is 35.5. The van der Waals surface area contributed by atoms with Crippen LogP contribution in [0.4, 0.5) is 5.69 Å². The van der Waals surface area contributed by atoms with Crippen LogP contribution in [0, 0.1) is 0 Å². The van der Waals surface area contributed by atoms with E-state index in [2.05, 4.69) is 4.98 Å². The highest BCUT2D eigenvalue weighted by Crippen LogP contribution is 2.18. The summed E-state index contributed by atoms with van der Waals surface area (Å²) in [5.74, 6) is 0.575. The summed E-state index contributed by atoms with van der Waals surface area (Å²) in [7, 11) is 3.32. The fourth-order valence-corrected chi connectivity index (χ4v) is 2.07. The second-order valence-electron chi connectivity index (χ2n) is 4.60. The van der Waals surface area contributed by atoms with Crippen LogP contribution in [0.1, 0.15) is 15.9 Å². The van der Waals surface area contributed by atoms with Gasteiger partial charge in [0.15, 0.2) is 0 Å². The Balaban J connectivity index is 2.13. The first-order valence-electron chi connectivity index (χ1n) is 6.30. The zero-order valence-corrected chi connectivity index (χ0v) is 12.6. The van der Waals surface area contributed by atoms with Crippen molar-refractivity contribution in [3.05, 3.63) is 52.8 Å². The van der Waals surface area contributed by atoms with E-state index in [0.717, 1.165) is 11.3 Å². The maximum Gasteiger partial charge on any atom is 0.256 e. The number of rotatable bonds is 4. The molecule has 2 rings (SSSR count). The van der Waals surface area contributed by atoms with Gasteiger partial charge in [0, 0.05) is 13.6 Å². The van der Waals surface area contributed by atoms with Crippen molar-refractivity contribution in [2.75, 3.05) is 19.9 Å².